The molecule has 0 saturated heterocycles. The van der Waals surface area contributed by atoms with Gasteiger partial charge in [-0.3, -0.25) is 4.68 Å². The van der Waals surface area contributed by atoms with E-state index in [0.29, 0.717) is 6.04 Å². The molecule has 1 heterocycles. The molecule has 0 aromatic carbocycles. The second-order valence-electron chi connectivity index (χ2n) is 5.29. The molecular weight excluding hydrogens is 276 g/mol. The number of nitrogens with zero attached hydrogens (tertiary/aromatic N) is 2. The molecule has 0 aliphatic heterocycles. The normalized spacial score (nSPS) is 19.2. The number of hydrogen-bond acceptors (Lipinski definition) is 1. The van der Waals surface area contributed by atoms with Crippen LogP contribution in [0, 0.1) is 5.92 Å². The monoisotopic (exact) mass is 298 g/mol. The van der Waals surface area contributed by atoms with Gasteiger partial charge < -0.3 is 0 Å². The van der Waals surface area contributed by atoms with Crippen molar-refractivity contribution in [3.63, 3.8) is 0 Å². The van der Waals surface area contributed by atoms with E-state index in [-0.39, 0.29) is 0 Å². The van der Waals surface area contributed by atoms with E-state index >= 15 is 0 Å². The molecule has 2 unspecified atom stereocenters. The van der Waals surface area contributed by atoms with Crippen LogP contribution >= 0.6 is 15.9 Å². The third-order valence-corrected chi connectivity index (χ3v) is 4.96. The molecule has 1 fully saturated rings. The number of aryl methyl sites for hydroxylation is 1. The highest BCUT2D eigenvalue weighted by molar-refractivity contribution is 9.09. The van der Waals surface area contributed by atoms with Crippen LogP contribution in [-0.2, 0) is 6.42 Å². The van der Waals surface area contributed by atoms with Crippen LogP contribution in [-0.4, -0.2) is 14.6 Å². The molecule has 0 amide bonds. The highest BCUT2D eigenvalue weighted by Crippen LogP contribution is 2.38. The molecule has 1 aliphatic carbocycles. The summed E-state index contributed by atoms with van der Waals surface area (Å²) in [6, 6.07) is 2.70. The zero-order valence-corrected chi connectivity index (χ0v) is 12.5. The predicted molar refractivity (Wildman–Crippen MR) is 75.6 cm³/mol. The fourth-order valence-electron chi connectivity index (χ4n) is 2.12. The quantitative estimate of drug-likeness (QED) is 0.684. The third kappa shape index (κ3) is 3.84. The van der Waals surface area contributed by atoms with E-state index in [4.69, 9.17) is 0 Å². The first kappa shape index (κ1) is 13.1. The van der Waals surface area contributed by atoms with Gasteiger partial charge in [0.2, 0.25) is 0 Å². The van der Waals surface area contributed by atoms with Gasteiger partial charge in [-0.15, -0.1) is 0 Å². The first-order valence-electron chi connectivity index (χ1n) is 6.88. The maximum atomic E-state index is 4.64. The molecule has 96 valence electrons. The first-order chi connectivity index (χ1) is 8.20. The Morgan fingerprint density at radius 3 is 2.94 bits per heavy atom. The highest BCUT2D eigenvalue weighted by Gasteiger charge is 2.28. The summed E-state index contributed by atoms with van der Waals surface area (Å²) in [5, 5.41) is 4.64. The summed E-state index contributed by atoms with van der Waals surface area (Å²) in [6.07, 6.45) is 9.79. The molecule has 1 aliphatic rings. The largest absolute Gasteiger partial charge is 0.270 e. The summed E-state index contributed by atoms with van der Waals surface area (Å²) in [5.74, 6) is 0.965. The van der Waals surface area contributed by atoms with Crippen molar-refractivity contribution in [3.8, 4) is 0 Å². The zero-order chi connectivity index (χ0) is 12.3. The van der Waals surface area contributed by atoms with Gasteiger partial charge in [-0.2, -0.15) is 5.10 Å². The molecular formula is C14H23BrN2. The summed E-state index contributed by atoms with van der Waals surface area (Å²) in [6.45, 7) is 4.43. The fraction of sp³-hybridized carbons (Fsp3) is 0.786. The van der Waals surface area contributed by atoms with Crippen molar-refractivity contribution in [1.82, 2.24) is 9.78 Å². The molecule has 1 aromatic heterocycles. The predicted octanol–water partition coefficient (Wildman–Crippen LogP) is 4.35. The van der Waals surface area contributed by atoms with Crippen molar-refractivity contribution < 1.29 is 0 Å². The van der Waals surface area contributed by atoms with Gasteiger partial charge >= 0.3 is 0 Å². The molecule has 1 saturated carbocycles. The van der Waals surface area contributed by atoms with Crippen molar-refractivity contribution in [3.05, 3.63) is 18.0 Å². The minimum Gasteiger partial charge on any atom is -0.270 e. The van der Waals surface area contributed by atoms with Gasteiger partial charge in [-0.25, -0.2) is 0 Å². The summed E-state index contributed by atoms with van der Waals surface area (Å²) in [5.41, 5.74) is 1.25. The molecule has 2 atom stereocenters. The summed E-state index contributed by atoms with van der Waals surface area (Å²) >= 11 is 3.79. The summed E-state index contributed by atoms with van der Waals surface area (Å²) in [4.78, 5) is 0.749. The van der Waals surface area contributed by atoms with Crippen LogP contribution in [0.15, 0.2) is 12.3 Å². The lowest BCUT2D eigenvalue weighted by Gasteiger charge is -2.08. The smallest absolute Gasteiger partial charge is 0.0624 e. The first-order valence-corrected chi connectivity index (χ1v) is 7.80. The Balaban J connectivity index is 1.72. The fourth-order valence-corrected chi connectivity index (χ4v) is 2.97. The number of rotatable bonds is 7. The molecule has 0 bridgehead atoms. The van der Waals surface area contributed by atoms with Gasteiger partial charge in [-0.1, -0.05) is 22.9 Å². The molecule has 0 spiro atoms. The van der Waals surface area contributed by atoms with E-state index in [2.05, 4.69) is 51.8 Å². The molecule has 3 heteroatoms. The number of alkyl halides is 1. The standard InChI is InChI=1S/C14H23BrN2/c1-3-11(2)17-10-9-13(16-17)5-4-6-14(15)12-7-8-12/h9-12,14H,3-8H2,1-2H3. The third-order valence-electron chi connectivity index (χ3n) is 3.75. The van der Waals surface area contributed by atoms with Gasteiger partial charge in [0, 0.05) is 17.1 Å². The Morgan fingerprint density at radius 2 is 2.29 bits per heavy atom. The number of aromatic nitrogens is 2. The minimum atomic E-state index is 0.527. The average Bonchev–Trinajstić information content (AvgIpc) is 3.08. The minimum absolute atomic E-state index is 0.527. The molecule has 0 N–H and O–H groups in total. The average molecular weight is 299 g/mol. The Morgan fingerprint density at radius 1 is 1.53 bits per heavy atom. The zero-order valence-electron chi connectivity index (χ0n) is 10.9. The van der Waals surface area contributed by atoms with Crippen LogP contribution in [0.3, 0.4) is 0 Å². The van der Waals surface area contributed by atoms with Crippen molar-refractivity contribution in [1.29, 1.82) is 0 Å². The SMILES string of the molecule is CCC(C)n1ccc(CCCC(Br)C2CC2)n1. The van der Waals surface area contributed by atoms with Gasteiger partial charge in [0.05, 0.1) is 5.69 Å². The van der Waals surface area contributed by atoms with Crippen LogP contribution in [0.4, 0.5) is 0 Å². The lowest BCUT2D eigenvalue weighted by Crippen LogP contribution is -2.05. The van der Waals surface area contributed by atoms with Crippen LogP contribution in [0.25, 0.3) is 0 Å². The van der Waals surface area contributed by atoms with Gasteiger partial charge in [0.25, 0.3) is 0 Å². The van der Waals surface area contributed by atoms with Gasteiger partial charge in [0.1, 0.15) is 0 Å². The Bertz CT molecular complexity index is 344. The summed E-state index contributed by atoms with van der Waals surface area (Å²) < 4.78 is 2.10. The Hall–Kier alpha value is -0.310. The van der Waals surface area contributed by atoms with E-state index < -0.39 is 0 Å². The van der Waals surface area contributed by atoms with Crippen molar-refractivity contribution >= 4 is 15.9 Å². The van der Waals surface area contributed by atoms with E-state index in [9.17, 15) is 0 Å². The van der Waals surface area contributed by atoms with Crippen LogP contribution in [0.5, 0.6) is 0 Å². The maximum Gasteiger partial charge on any atom is 0.0624 e. The van der Waals surface area contributed by atoms with E-state index in [1.54, 1.807) is 0 Å². The molecule has 2 rings (SSSR count). The Kier molecular flexibility index (Phi) is 4.66. The Labute approximate surface area is 113 Å². The molecule has 1 aromatic rings. The lowest BCUT2D eigenvalue weighted by atomic mass is 10.1. The topological polar surface area (TPSA) is 17.8 Å². The summed E-state index contributed by atoms with van der Waals surface area (Å²) in [7, 11) is 0. The van der Waals surface area contributed by atoms with Crippen molar-refractivity contribution in [2.24, 2.45) is 5.92 Å². The number of hydrogen-bond donors (Lipinski definition) is 0. The molecule has 2 nitrogen and oxygen atoms in total. The van der Waals surface area contributed by atoms with Crippen LogP contribution in [0.1, 0.15) is 57.7 Å². The lowest BCUT2D eigenvalue weighted by molar-refractivity contribution is 0.472. The molecule has 0 radical (unpaired) electrons. The highest BCUT2D eigenvalue weighted by atomic mass is 79.9. The van der Waals surface area contributed by atoms with Gasteiger partial charge in [-0.05, 0) is 57.4 Å². The second kappa shape index (κ2) is 6.03. The van der Waals surface area contributed by atoms with Crippen molar-refractivity contribution in [2.45, 2.75) is 63.2 Å². The number of halogens is 1. The van der Waals surface area contributed by atoms with E-state index in [0.717, 1.165) is 23.6 Å². The van der Waals surface area contributed by atoms with E-state index in [1.807, 2.05) is 0 Å². The van der Waals surface area contributed by atoms with Crippen LogP contribution < -0.4 is 0 Å². The molecule has 17 heavy (non-hydrogen) atoms. The van der Waals surface area contributed by atoms with Crippen molar-refractivity contribution in [2.75, 3.05) is 0 Å². The maximum absolute atomic E-state index is 4.64. The van der Waals surface area contributed by atoms with Gasteiger partial charge in [0.15, 0.2) is 0 Å². The second-order valence-corrected chi connectivity index (χ2v) is 6.47. The van der Waals surface area contributed by atoms with E-state index in [1.165, 1.54) is 31.4 Å². The van der Waals surface area contributed by atoms with Crippen LogP contribution in [0.2, 0.25) is 0 Å².